The molecule has 1 aliphatic rings. The number of aryl methyl sites for hydroxylation is 1. The Hall–Kier alpha value is -1.26. The Kier molecular flexibility index (Phi) is 2.95. The quantitative estimate of drug-likeness (QED) is 0.865. The Labute approximate surface area is 117 Å². The summed E-state index contributed by atoms with van der Waals surface area (Å²) in [6.07, 6.45) is 3.93. The summed E-state index contributed by atoms with van der Waals surface area (Å²) >= 11 is 1.70. The zero-order valence-electron chi connectivity index (χ0n) is 11.6. The number of aromatic nitrogens is 2. The fourth-order valence-electron chi connectivity index (χ4n) is 2.70. The first-order valence-electron chi connectivity index (χ1n) is 6.63. The van der Waals surface area contributed by atoms with E-state index in [1.165, 1.54) is 16.1 Å². The Bertz CT molecular complexity index is 598. The Morgan fingerprint density at radius 2 is 2.16 bits per heavy atom. The van der Waals surface area contributed by atoms with Crippen LogP contribution in [0.15, 0.2) is 18.3 Å². The lowest BCUT2D eigenvalue weighted by Gasteiger charge is -2.32. The minimum Gasteiger partial charge on any atom is -0.323 e. The normalized spacial score (nSPS) is 21.2. The van der Waals surface area contributed by atoms with Crippen LogP contribution in [-0.2, 0) is 6.42 Å². The fourth-order valence-corrected chi connectivity index (χ4v) is 3.76. The van der Waals surface area contributed by atoms with Crippen LogP contribution in [0.2, 0.25) is 0 Å². The maximum atomic E-state index is 6.29. The Morgan fingerprint density at radius 3 is 2.84 bits per heavy atom. The van der Waals surface area contributed by atoms with E-state index in [-0.39, 0.29) is 11.5 Å². The molecule has 1 atom stereocenters. The lowest BCUT2D eigenvalue weighted by atomic mass is 9.77. The van der Waals surface area contributed by atoms with E-state index in [4.69, 9.17) is 10.7 Å². The molecule has 0 fully saturated rings. The average molecular weight is 273 g/mol. The van der Waals surface area contributed by atoms with Crippen molar-refractivity contribution in [1.29, 1.82) is 0 Å². The fraction of sp³-hybridized carbons (Fsp3) is 0.467. The molecule has 0 spiro atoms. The molecule has 0 amide bonds. The summed E-state index contributed by atoms with van der Waals surface area (Å²) in [4.78, 5) is 10.5. The predicted octanol–water partition coefficient (Wildman–Crippen LogP) is 3.49. The van der Waals surface area contributed by atoms with Crippen LogP contribution in [0.4, 0.5) is 0 Å². The van der Waals surface area contributed by atoms with Gasteiger partial charge in [0.15, 0.2) is 0 Å². The van der Waals surface area contributed by atoms with Gasteiger partial charge in [-0.25, -0.2) is 4.98 Å². The van der Waals surface area contributed by atoms with Gasteiger partial charge in [0.25, 0.3) is 0 Å². The predicted molar refractivity (Wildman–Crippen MR) is 79.1 cm³/mol. The molecule has 0 bridgehead atoms. The van der Waals surface area contributed by atoms with Crippen molar-refractivity contribution in [2.75, 3.05) is 0 Å². The molecule has 0 saturated carbocycles. The zero-order chi connectivity index (χ0) is 13.6. The maximum Gasteiger partial charge on any atom is 0.142 e. The van der Waals surface area contributed by atoms with E-state index in [1.807, 2.05) is 19.2 Å². The van der Waals surface area contributed by atoms with Gasteiger partial charge in [0.1, 0.15) is 5.01 Å². The average Bonchev–Trinajstić information content (AvgIpc) is 2.72. The zero-order valence-corrected chi connectivity index (χ0v) is 12.4. The second-order valence-electron chi connectivity index (χ2n) is 6.20. The number of hydrogen-bond donors (Lipinski definition) is 1. The van der Waals surface area contributed by atoms with Gasteiger partial charge < -0.3 is 5.73 Å². The van der Waals surface area contributed by atoms with Crippen molar-refractivity contribution < 1.29 is 0 Å². The minimum atomic E-state index is 0.121. The van der Waals surface area contributed by atoms with Crippen molar-refractivity contribution in [2.24, 2.45) is 11.1 Å². The van der Waals surface area contributed by atoms with Crippen molar-refractivity contribution in [3.63, 3.8) is 0 Å². The monoisotopic (exact) mass is 273 g/mol. The van der Waals surface area contributed by atoms with Gasteiger partial charge in [0.2, 0.25) is 0 Å². The minimum absolute atomic E-state index is 0.121. The third-order valence-electron chi connectivity index (χ3n) is 3.61. The molecular weight excluding hydrogens is 254 g/mol. The van der Waals surface area contributed by atoms with E-state index in [0.717, 1.165) is 23.5 Å². The molecule has 0 saturated heterocycles. The molecular formula is C15H19N3S. The molecule has 100 valence electrons. The summed E-state index contributed by atoms with van der Waals surface area (Å²) < 4.78 is 0. The second-order valence-corrected chi connectivity index (χ2v) is 7.23. The molecule has 2 N–H and O–H groups in total. The van der Waals surface area contributed by atoms with Crippen LogP contribution in [0, 0.1) is 12.3 Å². The molecule has 3 rings (SSSR count). The summed E-state index contributed by atoms with van der Waals surface area (Å²) in [5.74, 6) is 0. The van der Waals surface area contributed by atoms with E-state index in [1.54, 1.807) is 11.3 Å². The van der Waals surface area contributed by atoms with Crippen LogP contribution >= 0.6 is 11.3 Å². The molecule has 3 nitrogen and oxygen atoms in total. The van der Waals surface area contributed by atoms with Gasteiger partial charge in [-0.3, -0.25) is 4.98 Å². The van der Waals surface area contributed by atoms with Crippen molar-refractivity contribution in [3.8, 4) is 10.7 Å². The molecule has 0 aliphatic heterocycles. The number of pyridine rings is 1. The number of thiazole rings is 1. The van der Waals surface area contributed by atoms with E-state index in [9.17, 15) is 0 Å². The lowest BCUT2D eigenvalue weighted by Crippen LogP contribution is -2.28. The van der Waals surface area contributed by atoms with Crippen LogP contribution < -0.4 is 5.73 Å². The topological polar surface area (TPSA) is 51.8 Å². The lowest BCUT2D eigenvalue weighted by molar-refractivity contribution is 0.282. The second kappa shape index (κ2) is 4.39. The highest BCUT2D eigenvalue weighted by Crippen LogP contribution is 2.43. The van der Waals surface area contributed by atoms with Crippen molar-refractivity contribution in [1.82, 2.24) is 9.97 Å². The van der Waals surface area contributed by atoms with Gasteiger partial charge in [-0.05, 0) is 36.8 Å². The summed E-state index contributed by atoms with van der Waals surface area (Å²) in [5.41, 5.74) is 9.83. The van der Waals surface area contributed by atoms with E-state index < -0.39 is 0 Å². The van der Waals surface area contributed by atoms with Gasteiger partial charge in [0.05, 0.1) is 11.4 Å². The summed E-state index contributed by atoms with van der Waals surface area (Å²) in [6.45, 7) is 6.57. The van der Waals surface area contributed by atoms with Crippen LogP contribution in [-0.4, -0.2) is 9.97 Å². The third kappa shape index (κ3) is 2.42. The van der Waals surface area contributed by atoms with Crippen LogP contribution in [0.5, 0.6) is 0 Å². The number of hydrogen-bond acceptors (Lipinski definition) is 4. The standard InChI is InChI=1S/C15H19N3S/c1-9-4-5-11(17-8-9)14-18-12-7-15(2,3)6-10(16)13(12)19-14/h4-5,8,10H,6-7,16H2,1-3H3. The SMILES string of the molecule is Cc1ccc(-c2nc3c(s2)C(N)CC(C)(C)C3)nc1. The number of nitrogens with zero attached hydrogens (tertiary/aromatic N) is 2. The third-order valence-corrected chi connectivity index (χ3v) is 4.87. The van der Waals surface area contributed by atoms with E-state index in [2.05, 4.69) is 24.9 Å². The molecule has 2 aromatic rings. The Balaban J connectivity index is 2.01. The molecule has 4 heteroatoms. The summed E-state index contributed by atoms with van der Waals surface area (Å²) in [7, 11) is 0. The first kappa shape index (κ1) is 12.8. The number of fused-ring (bicyclic) bond motifs is 1. The van der Waals surface area contributed by atoms with Crippen LogP contribution in [0.3, 0.4) is 0 Å². The van der Waals surface area contributed by atoms with Gasteiger partial charge in [-0.1, -0.05) is 19.9 Å². The highest BCUT2D eigenvalue weighted by molar-refractivity contribution is 7.15. The largest absolute Gasteiger partial charge is 0.323 e. The van der Waals surface area contributed by atoms with E-state index in [0.29, 0.717) is 0 Å². The number of rotatable bonds is 1. The number of nitrogens with two attached hydrogens (primary N) is 1. The summed E-state index contributed by atoms with van der Waals surface area (Å²) in [5, 5.41) is 0.998. The molecule has 1 unspecified atom stereocenters. The molecule has 19 heavy (non-hydrogen) atoms. The highest BCUT2D eigenvalue weighted by Gasteiger charge is 2.33. The summed E-state index contributed by atoms with van der Waals surface area (Å²) in [6, 6.07) is 4.23. The first-order chi connectivity index (χ1) is 8.94. The van der Waals surface area contributed by atoms with Crippen LogP contribution in [0.1, 0.15) is 42.4 Å². The van der Waals surface area contributed by atoms with Gasteiger partial charge in [-0.15, -0.1) is 11.3 Å². The molecule has 2 aromatic heterocycles. The van der Waals surface area contributed by atoms with Gasteiger partial charge >= 0.3 is 0 Å². The van der Waals surface area contributed by atoms with Crippen molar-refractivity contribution >= 4 is 11.3 Å². The maximum absolute atomic E-state index is 6.29. The molecule has 1 aliphatic carbocycles. The van der Waals surface area contributed by atoms with Crippen molar-refractivity contribution in [2.45, 2.75) is 39.7 Å². The van der Waals surface area contributed by atoms with Gasteiger partial charge in [0, 0.05) is 17.1 Å². The molecule has 0 radical (unpaired) electrons. The van der Waals surface area contributed by atoms with Crippen molar-refractivity contribution in [3.05, 3.63) is 34.5 Å². The van der Waals surface area contributed by atoms with Gasteiger partial charge in [-0.2, -0.15) is 0 Å². The highest BCUT2D eigenvalue weighted by atomic mass is 32.1. The first-order valence-corrected chi connectivity index (χ1v) is 7.44. The Morgan fingerprint density at radius 1 is 1.37 bits per heavy atom. The molecule has 2 heterocycles. The smallest absolute Gasteiger partial charge is 0.142 e. The van der Waals surface area contributed by atoms with E-state index >= 15 is 0 Å². The molecule has 0 aromatic carbocycles. The van der Waals surface area contributed by atoms with Crippen LogP contribution in [0.25, 0.3) is 10.7 Å².